The molecule has 0 saturated heterocycles. The molecule has 1 unspecified atom stereocenters. The molecule has 106 valence electrons. The molecule has 0 heterocycles. The lowest BCUT2D eigenvalue weighted by Crippen LogP contribution is -2.14. The maximum Gasteiger partial charge on any atom is 0.121 e. The van der Waals surface area contributed by atoms with Crippen LogP contribution >= 0.6 is 23.2 Å². The number of rotatable bonds is 4. The minimum Gasteiger partial charge on any atom is -0.496 e. The fourth-order valence-corrected chi connectivity index (χ4v) is 2.75. The number of hydrogen-bond donors (Lipinski definition) is 1. The second kappa shape index (κ2) is 6.49. The van der Waals surface area contributed by atoms with Gasteiger partial charge >= 0.3 is 0 Å². The first kappa shape index (κ1) is 15.2. The highest BCUT2D eigenvalue weighted by atomic mass is 35.5. The van der Waals surface area contributed by atoms with Crippen LogP contribution in [-0.4, -0.2) is 7.11 Å². The van der Waals surface area contributed by atoms with Gasteiger partial charge < -0.3 is 10.5 Å². The van der Waals surface area contributed by atoms with E-state index in [-0.39, 0.29) is 6.04 Å². The van der Waals surface area contributed by atoms with Crippen molar-refractivity contribution in [2.75, 3.05) is 7.11 Å². The van der Waals surface area contributed by atoms with Crippen molar-refractivity contribution in [2.45, 2.75) is 19.4 Å². The Kier molecular flexibility index (Phi) is 4.92. The predicted octanol–water partition coefficient (Wildman–Crippen LogP) is 4.55. The van der Waals surface area contributed by atoms with E-state index in [1.54, 1.807) is 7.11 Å². The third-order valence-electron chi connectivity index (χ3n) is 3.33. The Labute approximate surface area is 129 Å². The second-order valence-corrected chi connectivity index (χ2v) is 5.55. The Morgan fingerprint density at radius 3 is 2.35 bits per heavy atom. The van der Waals surface area contributed by atoms with E-state index in [9.17, 15) is 0 Å². The summed E-state index contributed by atoms with van der Waals surface area (Å²) in [5, 5.41) is 1.30. The summed E-state index contributed by atoms with van der Waals surface area (Å²) in [5.74, 6) is 0.858. The highest BCUT2D eigenvalue weighted by molar-refractivity contribution is 6.36. The van der Waals surface area contributed by atoms with Crippen molar-refractivity contribution < 1.29 is 4.74 Å². The molecule has 0 aromatic heterocycles. The zero-order valence-corrected chi connectivity index (χ0v) is 13.0. The van der Waals surface area contributed by atoms with Gasteiger partial charge in [0, 0.05) is 16.1 Å². The van der Waals surface area contributed by atoms with Crippen LogP contribution in [0.15, 0.2) is 36.4 Å². The lowest BCUT2D eigenvalue weighted by Gasteiger charge is -2.16. The van der Waals surface area contributed by atoms with Crippen molar-refractivity contribution in [1.29, 1.82) is 0 Å². The summed E-state index contributed by atoms with van der Waals surface area (Å²) in [7, 11) is 1.66. The van der Waals surface area contributed by atoms with Crippen molar-refractivity contribution in [2.24, 2.45) is 5.73 Å². The molecule has 0 fully saturated rings. The number of nitrogens with two attached hydrogens (primary N) is 1. The fraction of sp³-hybridized carbons (Fsp3) is 0.250. The van der Waals surface area contributed by atoms with E-state index >= 15 is 0 Å². The van der Waals surface area contributed by atoms with Crippen LogP contribution in [0.5, 0.6) is 5.75 Å². The summed E-state index contributed by atoms with van der Waals surface area (Å²) >= 11 is 12.4. The standard InChI is InChI=1S/C16H17Cl2NO/c1-10-8-11(6-7-16(10)20-2)15(19)9-12-13(17)4-3-5-14(12)18/h3-8,15H,9,19H2,1-2H3. The van der Waals surface area contributed by atoms with Crippen molar-refractivity contribution >= 4 is 23.2 Å². The first-order chi connectivity index (χ1) is 9.52. The average Bonchev–Trinajstić information content (AvgIpc) is 2.42. The number of benzene rings is 2. The van der Waals surface area contributed by atoms with Gasteiger partial charge in [-0.25, -0.2) is 0 Å². The zero-order chi connectivity index (χ0) is 14.7. The molecule has 0 spiro atoms. The van der Waals surface area contributed by atoms with Gasteiger partial charge in [-0.05, 0) is 48.2 Å². The summed E-state index contributed by atoms with van der Waals surface area (Å²) in [4.78, 5) is 0. The van der Waals surface area contributed by atoms with E-state index in [2.05, 4.69) is 0 Å². The normalized spacial score (nSPS) is 12.2. The number of ether oxygens (including phenoxy) is 1. The maximum atomic E-state index is 6.27. The van der Waals surface area contributed by atoms with Crippen LogP contribution < -0.4 is 10.5 Å². The quantitative estimate of drug-likeness (QED) is 0.899. The lowest BCUT2D eigenvalue weighted by molar-refractivity contribution is 0.411. The second-order valence-electron chi connectivity index (χ2n) is 4.74. The number of hydrogen-bond acceptors (Lipinski definition) is 2. The van der Waals surface area contributed by atoms with E-state index in [0.717, 1.165) is 22.4 Å². The molecule has 0 bridgehead atoms. The van der Waals surface area contributed by atoms with Gasteiger partial charge in [0.15, 0.2) is 0 Å². The van der Waals surface area contributed by atoms with Crippen molar-refractivity contribution in [1.82, 2.24) is 0 Å². The molecule has 2 N–H and O–H groups in total. The summed E-state index contributed by atoms with van der Waals surface area (Å²) in [6.07, 6.45) is 0.601. The molecule has 2 aromatic rings. The Bertz CT molecular complexity index is 593. The Hall–Kier alpha value is -1.22. The maximum absolute atomic E-state index is 6.27. The Morgan fingerprint density at radius 1 is 1.15 bits per heavy atom. The van der Waals surface area contributed by atoms with Gasteiger partial charge in [0.2, 0.25) is 0 Å². The molecule has 0 aliphatic heterocycles. The number of methoxy groups -OCH3 is 1. The summed E-state index contributed by atoms with van der Waals surface area (Å²) in [6, 6.07) is 11.3. The van der Waals surface area contributed by atoms with Crippen molar-refractivity contribution in [3.63, 3.8) is 0 Å². The molecule has 0 radical (unpaired) electrons. The number of aryl methyl sites for hydroxylation is 1. The highest BCUT2D eigenvalue weighted by Gasteiger charge is 2.13. The van der Waals surface area contributed by atoms with E-state index < -0.39 is 0 Å². The summed E-state index contributed by atoms with van der Waals surface area (Å²) in [6.45, 7) is 2.00. The minimum atomic E-state index is -0.156. The molecular weight excluding hydrogens is 293 g/mol. The van der Waals surface area contributed by atoms with E-state index in [1.807, 2.05) is 43.3 Å². The fourth-order valence-electron chi connectivity index (χ4n) is 2.20. The van der Waals surface area contributed by atoms with E-state index in [0.29, 0.717) is 16.5 Å². The first-order valence-corrected chi connectivity index (χ1v) is 7.11. The largest absolute Gasteiger partial charge is 0.496 e. The molecule has 0 aliphatic carbocycles. The third-order valence-corrected chi connectivity index (χ3v) is 4.04. The molecule has 2 aromatic carbocycles. The molecule has 2 rings (SSSR count). The average molecular weight is 310 g/mol. The van der Waals surface area contributed by atoms with Gasteiger partial charge in [-0.3, -0.25) is 0 Å². The van der Waals surface area contributed by atoms with Gasteiger partial charge in [0.05, 0.1) is 7.11 Å². The SMILES string of the molecule is COc1ccc(C(N)Cc2c(Cl)cccc2Cl)cc1C. The van der Waals surface area contributed by atoms with E-state index in [4.69, 9.17) is 33.7 Å². The molecule has 4 heteroatoms. The molecule has 1 atom stereocenters. The van der Waals surface area contributed by atoms with Gasteiger partial charge in [-0.2, -0.15) is 0 Å². The van der Waals surface area contributed by atoms with Gasteiger partial charge in [-0.15, -0.1) is 0 Å². The predicted molar refractivity (Wildman–Crippen MR) is 84.8 cm³/mol. The summed E-state index contributed by atoms with van der Waals surface area (Å²) < 4.78 is 5.25. The van der Waals surface area contributed by atoms with Crippen LogP contribution in [-0.2, 0) is 6.42 Å². The monoisotopic (exact) mass is 309 g/mol. The number of halogens is 2. The van der Waals surface area contributed by atoms with Gasteiger partial charge in [-0.1, -0.05) is 41.4 Å². The smallest absolute Gasteiger partial charge is 0.121 e. The first-order valence-electron chi connectivity index (χ1n) is 6.36. The van der Waals surface area contributed by atoms with Crippen LogP contribution in [0.3, 0.4) is 0 Å². The van der Waals surface area contributed by atoms with E-state index in [1.165, 1.54) is 0 Å². The molecular formula is C16H17Cl2NO. The van der Waals surface area contributed by atoms with Crippen LogP contribution in [0, 0.1) is 6.92 Å². The molecule has 2 nitrogen and oxygen atoms in total. The molecule has 0 amide bonds. The Balaban J connectivity index is 2.24. The van der Waals surface area contributed by atoms with Crippen molar-refractivity contribution in [3.05, 3.63) is 63.1 Å². The zero-order valence-electron chi connectivity index (χ0n) is 11.5. The molecule has 0 saturated carbocycles. The van der Waals surface area contributed by atoms with Gasteiger partial charge in [0.25, 0.3) is 0 Å². The third kappa shape index (κ3) is 3.26. The van der Waals surface area contributed by atoms with Crippen LogP contribution in [0.2, 0.25) is 10.0 Å². The molecule has 20 heavy (non-hydrogen) atoms. The van der Waals surface area contributed by atoms with Crippen molar-refractivity contribution in [3.8, 4) is 5.75 Å². The Morgan fingerprint density at radius 2 is 1.80 bits per heavy atom. The summed E-state index contributed by atoms with van der Waals surface area (Å²) in [5.41, 5.74) is 9.25. The van der Waals surface area contributed by atoms with Crippen LogP contribution in [0.1, 0.15) is 22.7 Å². The van der Waals surface area contributed by atoms with Crippen LogP contribution in [0.25, 0.3) is 0 Å². The van der Waals surface area contributed by atoms with Crippen LogP contribution in [0.4, 0.5) is 0 Å². The minimum absolute atomic E-state index is 0.156. The lowest BCUT2D eigenvalue weighted by atomic mass is 9.98. The highest BCUT2D eigenvalue weighted by Crippen LogP contribution is 2.29. The van der Waals surface area contributed by atoms with Gasteiger partial charge in [0.1, 0.15) is 5.75 Å². The topological polar surface area (TPSA) is 35.2 Å². The molecule has 0 aliphatic rings.